The molecule has 1 aliphatic rings. The molecule has 0 radical (unpaired) electrons. The van der Waals surface area contributed by atoms with Crippen molar-refractivity contribution in [3.63, 3.8) is 0 Å². The standard InChI is InChI=1S/C13H28N2/c1-5-15(9-10(2)3)13-8-11(4)6-7-12(13)14/h10-13H,5-9,14H2,1-4H3. The number of likely N-dealkylation sites (N-methyl/N-ethyl adjacent to an activating group) is 1. The first-order valence-electron chi connectivity index (χ1n) is 6.54. The summed E-state index contributed by atoms with van der Waals surface area (Å²) in [6.07, 6.45) is 3.82. The summed E-state index contributed by atoms with van der Waals surface area (Å²) < 4.78 is 0. The van der Waals surface area contributed by atoms with Crippen molar-refractivity contribution >= 4 is 0 Å². The Bertz CT molecular complexity index is 179. The third kappa shape index (κ3) is 3.76. The van der Waals surface area contributed by atoms with Gasteiger partial charge in [-0.3, -0.25) is 4.90 Å². The summed E-state index contributed by atoms with van der Waals surface area (Å²) in [6.45, 7) is 11.5. The van der Waals surface area contributed by atoms with Crippen LogP contribution in [0.3, 0.4) is 0 Å². The zero-order valence-electron chi connectivity index (χ0n) is 10.9. The number of nitrogens with two attached hydrogens (primary N) is 1. The van der Waals surface area contributed by atoms with Crippen LogP contribution >= 0.6 is 0 Å². The van der Waals surface area contributed by atoms with Gasteiger partial charge in [0.2, 0.25) is 0 Å². The largest absolute Gasteiger partial charge is 0.326 e. The highest BCUT2D eigenvalue weighted by molar-refractivity contribution is 4.88. The topological polar surface area (TPSA) is 29.3 Å². The lowest BCUT2D eigenvalue weighted by atomic mass is 9.82. The second-order valence-electron chi connectivity index (χ2n) is 5.63. The molecular weight excluding hydrogens is 184 g/mol. The lowest BCUT2D eigenvalue weighted by Gasteiger charge is -2.41. The molecule has 0 aliphatic heterocycles. The maximum absolute atomic E-state index is 6.25. The van der Waals surface area contributed by atoms with E-state index in [4.69, 9.17) is 5.73 Å². The van der Waals surface area contributed by atoms with Crippen LogP contribution in [0.4, 0.5) is 0 Å². The van der Waals surface area contributed by atoms with Crippen molar-refractivity contribution in [2.24, 2.45) is 17.6 Å². The van der Waals surface area contributed by atoms with Crippen LogP contribution in [-0.4, -0.2) is 30.1 Å². The van der Waals surface area contributed by atoms with E-state index in [2.05, 4.69) is 32.6 Å². The fraction of sp³-hybridized carbons (Fsp3) is 1.00. The van der Waals surface area contributed by atoms with E-state index in [1.165, 1.54) is 25.8 Å². The minimum atomic E-state index is 0.403. The van der Waals surface area contributed by atoms with E-state index in [1.54, 1.807) is 0 Å². The van der Waals surface area contributed by atoms with Crippen molar-refractivity contribution in [2.75, 3.05) is 13.1 Å². The molecule has 0 spiro atoms. The van der Waals surface area contributed by atoms with Gasteiger partial charge in [0.05, 0.1) is 0 Å². The molecule has 0 aromatic carbocycles. The van der Waals surface area contributed by atoms with Crippen molar-refractivity contribution in [1.29, 1.82) is 0 Å². The second kappa shape index (κ2) is 5.86. The van der Waals surface area contributed by atoms with E-state index in [-0.39, 0.29) is 0 Å². The molecule has 2 N–H and O–H groups in total. The summed E-state index contributed by atoms with van der Waals surface area (Å²) in [5, 5.41) is 0. The predicted molar refractivity (Wildman–Crippen MR) is 66.9 cm³/mol. The minimum absolute atomic E-state index is 0.403. The van der Waals surface area contributed by atoms with E-state index in [1.807, 2.05) is 0 Å². The molecule has 0 aromatic heterocycles. The second-order valence-corrected chi connectivity index (χ2v) is 5.63. The zero-order valence-corrected chi connectivity index (χ0v) is 10.9. The summed E-state index contributed by atoms with van der Waals surface area (Å²) >= 11 is 0. The van der Waals surface area contributed by atoms with E-state index in [9.17, 15) is 0 Å². The first-order valence-corrected chi connectivity index (χ1v) is 6.54. The van der Waals surface area contributed by atoms with Gasteiger partial charge in [0, 0.05) is 18.6 Å². The molecule has 0 bridgehead atoms. The Morgan fingerprint density at radius 2 is 2.00 bits per heavy atom. The predicted octanol–water partition coefficient (Wildman–Crippen LogP) is 2.48. The van der Waals surface area contributed by atoms with Crippen LogP contribution in [0.2, 0.25) is 0 Å². The Labute approximate surface area is 95.2 Å². The van der Waals surface area contributed by atoms with Crippen LogP contribution < -0.4 is 5.73 Å². The van der Waals surface area contributed by atoms with Gasteiger partial charge >= 0.3 is 0 Å². The molecule has 2 nitrogen and oxygen atoms in total. The van der Waals surface area contributed by atoms with Gasteiger partial charge in [-0.15, -0.1) is 0 Å². The summed E-state index contributed by atoms with van der Waals surface area (Å²) in [6, 6.07) is 1.03. The molecule has 1 rings (SSSR count). The molecule has 3 atom stereocenters. The summed E-state index contributed by atoms with van der Waals surface area (Å²) in [7, 11) is 0. The Balaban J connectivity index is 2.56. The monoisotopic (exact) mass is 212 g/mol. The maximum atomic E-state index is 6.25. The van der Waals surface area contributed by atoms with Crippen LogP contribution in [0.15, 0.2) is 0 Å². The Morgan fingerprint density at radius 3 is 2.53 bits per heavy atom. The number of hydrogen-bond donors (Lipinski definition) is 1. The van der Waals surface area contributed by atoms with Crippen LogP contribution in [0.5, 0.6) is 0 Å². The van der Waals surface area contributed by atoms with Gasteiger partial charge in [-0.1, -0.05) is 27.7 Å². The summed E-state index contributed by atoms with van der Waals surface area (Å²) in [5.74, 6) is 1.60. The fourth-order valence-corrected chi connectivity index (χ4v) is 2.76. The van der Waals surface area contributed by atoms with Gasteiger partial charge in [-0.05, 0) is 37.6 Å². The molecule has 90 valence electrons. The Morgan fingerprint density at radius 1 is 1.33 bits per heavy atom. The summed E-state index contributed by atoms with van der Waals surface area (Å²) in [4.78, 5) is 2.59. The van der Waals surface area contributed by atoms with Crippen LogP contribution in [0, 0.1) is 11.8 Å². The Kier molecular flexibility index (Phi) is 5.07. The zero-order chi connectivity index (χ0) is 11.4. The van der Waals surface area contributed by atoms with Crippen molar-refractivity contribution < 1.29 is 0 Å². The van der Waals surface area contributed by atoms with Gasteiger partial charge < -0.3 is 5.73 Å². The molecule has 0 aromatic rings. The molecule has 1 fully saturated rings. The van der Waals surface area contributed by atoms with E-state index < -0.39 is 0 Å². The first kappa shape index (κ1) is 13.0. The normalized spacial score (nSPS) is 32.6. The molecule has 3 unspecified atom stereocenters. The Hall–Kier alpha value is -0.0800. The highest BCUT2D eigenvalue weighted by atomic mass is 15.2. The number of hydrogen-bond acceptors (Lipinski definition) is 2. The molecular formula is C13H28N2. The average Bonchev–Trinajstić information content (AvgIpc) is 2.18. The highest BCUT2D eigenvalue weighted by Crippen LogP contribution is 2.27. The highest BCUT2D eigenvalue weighted by Gasteiger charge is 2.29. The van der Waals surface area contributed by atoms with Gasteiger partial charge in [0.1, 0.15) is 0 Å². The third-order valence-corrected chi connectivity index (χ3v) is 3.61. The lowest BCUT2D eigenvalue weighted by Crippen LogP contribution is -2.51. The van der Waals surface area contributed by atoms with Gasteiger partial charge in [0.25, 0.3) is 0 Å². The minimum Gasteiger partial charge on any atom is -0.326 e. The van der Waals surface area contributed by atoms with Gasteiger partial charge in [0.15, 0.2) is 0 Å². The van der Waals surface area contributed by atoms with Crippen molar-refractivity contribution in [1.82, 2.24) is 4.90 Å². The molecule has 0 amide bonds. The fourth-order valence-electron chi connectivity index (χ4n) is 2.76. The van der Waals surface area contributed by atoms with Gasteiger partial charge in [-0.2, -0.15) is 0 Å². The molecule has 2 heteroatoms. The molecule has 1 saturated carbocycles. The molecule has 0 saturated heterocycles. The van der Waals surface area contributed by atoms with Crippen LogP contribution in [-0.2, 0) is 0 Å². The average molecular weight is 212 g/mol. The summed E-state index contributed by atoms with van der Waals surface area (Å²) in [5.41, 5.74) is 6.25. The third-order valence-electron chi connectivity index (χ3n) is 3.61. The number of rotatable bonds is 4. The van der Waals surface area contributed by atoms with E-state index in [0.29, 0.717) is 12.1 Å². The quantitative estimate of drug-likeness (QED) is 0.776. The number of nitrogens with zero attached hydrogens (tertiary/aromatic N) is 1. The van der Waals surface area contributed by atoms with Crippen molar-refractivity contribution in [2.45, 2.75) is 59.0 Å². The first-order chi connectivity index (χ1) is 7.04. The molecule has 0 heterocycles. The van der Waals surface area contributed by atoms with Crippen molar-refractivity contribution in [3.05, 3.63) is 0 Å². The maximum Gasteiger partial charge on any atom is 0.0249 e. The SMILES string of the molecule is CCN(CC(C)C)C1CC(C)CCC1N. The molecule has 1 aliphatic carbocycles. The van der Waals surface area contributed by atoms with E-state index in [0.717, 1.165) is 18.4 Å². The van der Waals surface area contributed by atoms with Crippen LogP contribution in [0.1, 0.15) is 47.0 Å². The van der Waals surface area contributed by atoms with Crippen LogP contribution in [0.25, 0.3) is 0 Å². The van der Waals surface area contributed by atoms with E-state index >= 15 is 0 Å². The van der Waals surface area contributed by atoms with Crippen molar-refractivity contribution in [3.8, 4) is 0 Å². The lowest BCUT2D eigenvalue weighted by molar-refractivity contribution is 0.109. The smallest absolute Gasteiger partial charge is 0.0249 e. The van der Waals surface area contributed by atoms with Gasteiger partial charge in [-0.25, -0.2) is 0 Å². The molecule has 15 heavy (non-hydrogen) atoms.